The molecular formula is C71H76Cl3N15O7. The number of carbonyl (C=O) groups is 3. The van der Waals surface area contributed by atoms with E-state index in [4.69, 9.17) is 49.0 Å². The fraction of sp³-hybridized carbons (Fsp3) is 0.282. The van der Waals surface area contributed by atoms with Crippen LogP contribution in [0.2, 0.25) is 15.1 Å². The van der Waals surface area contributed by atoms with Crippen molar-refractivity contribution in [2.45, 2.75) is 52.4 Å². The van der Waals surface area contributed by atoms with Gasteiger partial charge in [-0.05, 0) is 169 Å². The van der Waals surface area contributed by atoms with E-state index in [1.54, 1.807) is 30.6 Å². The van der Waals surface area contributed by atoms with Crippen molar-refractivity contribution in [2.24, 2.45) is 0 Å². The minimum Gasteiger partial charge on any atom is -0.508 e. The van der Waals surface area contributed by atoms with E-state index in [2.05, 4.69) is 76.5 Å². The van der Waals surface area contributed by atoms with Crippen LogP contribution in [0.3, 0.4) is 0 Å². The van der Waals surface area contributed by atoms with Gasteiger partial charge in [-0.2, -0.15) is 0 Å². The van der Waals surface area contributed by atoms with Crippen LogP contribution in [0.25, 0.3) is 0 Å². The number of aromatic hydroxyl groups is 1. The lowest BCUT2D eigenvalue weighted by atomic mass is 10.0. The second kappa shape index (κ2) is 35.2. The molecule has 0 unspecified atom stereocenters. The SMILES string of the molecule is Cc1cccc(C)c1C(=O)Nc1cnc(Nc2cccc(OCCN3CCCC3)c2)nc1.O=C(Nc1cnc(Nc2cccc(OCCN3CCCC3)c2)nc1)c1c(Cl)cccc1Cl.O=C(Nc1cnc(Nc2cccc(OCCN3CCCC3)c2)nc1)c1cc(O)ccc1Cl. The van der Waals surface area contributed by atoms with E-state index < -0.39 is 11.8 Å². The first-order chi connectivity index (χ1) is 46.7. The van der Waals surface area contributed by atoms with Crippen LogP contribution in [0.1, 0.15) is 80.7 Å². The molecule has 96 heavy (non-hydrogen) atoms. The van der Waals surface area contributed by atoms with Crippen LogP contribution in [0.5, 0.6) is 23.0 Å². The van der Waals surface area contributed by atoms with Gasteiger partial charge in [0.15, 0.2) is 0 Å². The van der Waals surface area contributed by atoms with Crippen LogP contribution < -0.4 is 46.1 Å². The van der Waals surface area contributed by atoms with E-state index in [0.29, 0.717) is 60.3 Å². The number of phenols is 1. The van der Waals surface area contributed by atoms with Crippen LogP contribution in [0.15, 0.2) is 165 Å². The van der Waals surface area contributed by atoms with Crippen molar-refractivity contribution in [1.82, 2.24) is 44.6 Å². The summed E-state index contributed by atoms with van der Waals surface area (Å²) in [6.07, 6.45) is 16.8. The van der Waals surface area contributed by atoms with Gasteiger partial charge in [0.2, 0.25) is 17.8 Å². The molecule has 0 atom stereocenters. The smallest absolute Gasteiger partial charge is 0.258 e. The van der Waals surface area contributed by atoms with E-state index >= 15 is 0 Å². The maximum atomic E-state index is 12.6. The van der Waals surface area contributed by atoms with Gasteiger partial charge in [-0.1, -0.05) is 77.3 Å². The number of aryl methyl sites for hydroxylation is 2. The molecule has 7 N–H and O–H groups in total. The number of benzene rings is 6. The number of phenolic OH excluding ortho intramolecular Hbond substituents is 1. The number of hydrogen-bond acceptors (Lipinski definition) is 19. The van der Waals surface area contributed by atoms with Gasteiger partial charge in [0, 0.05) is 60.5 Å². The van der Waals surface area contributed by atoms with Crippen molar-refractivity contribution < 1.29 is 33.7 Å². The molecule has 25 heteroatoms. The zero-order valence-corrected chi connectivity index (χ0v) is 55.6. The van der Waals surface area contributed by atoms with Crippen LogP contribution in [-0.4, -0.2) is 146 Å². The molecule has 22 nitrogen and oxygen atoms in total. The number of anilines is 9. The molecule has 3 fully saturated rings. The second-order valence-electron chi connectivity index (χ2n) is 22.9. The van der Waals surface area contributed by atoms with Gasteiger partial charge in [-0.25, -0.2) is 29.9 Å². The number of nitrogens with zero attached hydrogens (tertiary/aromatic N) is 9. The largest absolute Gasteiger partial charge is 0.508 e. The zero-order valence-electron chi connectivity index (χ0n) is 53.4. The highest BCUT2D eigenvalue weighted by Crippen LogP contribution is 2.28. The lowest BCUT2D eigenvalue weighted by Crippen LogP contribution is -2.25. The Morgan fingerprint density at radius 2 is 0.740 bits per heavy atom. The Kier molecular flexibility index (Phi) is 25.3. The number of aromatic nitrogens is 6. The highest BCUT2D eigenvalue weighted by Gasteiger charge is 2.19. The van der Waals surface area contributed by atoms with E-state index in [1.165, 1.54) is 94.6 Å². The monoisotopic (exact) mass is 1360 g/mol. The van der Waals surface area contributed by atoms with E-state index in [9.17, 15) is 19.5 Å². The number of amides is 3. The summed E-state index contributed by atoms with van der Waals surface area (Å²) in [4.78, 5) is 70.4. The highest BCUT2D eigenvalue weighted by atomic mass is 35.5. The summed E-state index contributed by atoms with van der Waals surface area (Å²) in [5, 5.41) is 28.0. The molecule has 0 radical (unpaired) electrons. The highest BCUT2D eigenvalue weighted by molar-refractivity contribution is 6.40. The van der Waals surface area contributed by atoms with Crippen LogP contribution in [0, 0.1) is 13.8 Å². The minimum absolute atomic E-state index is 0.0439. The molecule has 3 aromatic heterocycles. The Morgan fingerprint density at radius 1 is 0.406 bits per heavy atom. The first-order valence-electron chi connectivity index (χ1n) is 31.8. The van der Waals surface area contributed by atoms with Crippen LogP contribution in [-0.2, 0) is 0 Å². The summed E-state index contributed by atoms with van der Waals surface area (Å²) in [6, 6.07) is 37.9. The summed E-state index contributed by atoms with van der Waals surface area (Å²) < 4.78 is 17.7. The molecule has 3 aliphatic heterocycles. The average molecular weight is 1360 g/mol. The molecule has 3 aliphatic rings. The molecule has 6 heterocycles. The Labute approximate surface area is 573 Å². The molecule has 0 saturated carbocycles. The zero-order chi connectivity index (χ0) is 67.0. The normalized spacial score (nSPS) is 13.7. The summed E-state index contributed by atoms with van der Waals surface area (Å²) in [5.74, 6) is 2.51. The first kappa shape index (κ1) is 69.2. The maximum absolute atomic E-state index is 12.6. The van der Waals surface area contributed by atoms with Gasteiger partial charge in [0.1, 0.15) is 42.8 Å². The van der Waals surface area contributed by atoms with Crippen molar-refractivity contribution in [2.75, 3.05) is 111 Å². The van der Waals surface area contributed by atoms with Crippen molar-refractivity contribution >= 4 is 104 Å². The molecule has 0 spiro atoms. The standard InChI is InChI=1S/C25H29N5O2.C23H23Cl2N5O2.C23H24ClN5O3/c1-18-7-5-8-19(2)23(18)24(31)28-21-16-26-25(27-17-21)29-20-9-6-10-22(15-20)32-14-13-30-11-3-4-12-30;24-19-7-4-8-20(25)21(19)22(31)28-17-14-26-23(27-15-17)29-16-5-3-6-18(13-16)32-12-11-30-9-1-2-10-30;24-21-7-6-18(30)13-20(21)22(31)27-17-14-25-23(26-15-17)28-16-4-3-5-19(12-16)32-11-10-29-8-1-2-9-29/h5-10,15-17H,3-4,11-14H2,1-2H3,(H,28,31)(H,26,27,29);3-8,13-15H,1-2,9-12H2,(H,28,31)(H,26,27,29);3-7,12-15,30H,1-2,8-11H2,(H,27,31)(H,25,26,28). The Hall–Kier alpha value is -9.68. The summed E-state index contributed by atoms with van der Waals surface area (Å²) in [6.45, 7) is 15.6. The number of nitrogens with one attached hydrogen (secondary N) is 6. The van der Waals surface area contributed by atoms with Crippen molar-refractivity contribution in [3.8, 4) is 23.0 Å². The van der Waals surface area contributed by atoms with E-state index in [-0.39, 0.29) is 37.9 Å². The molecule has 12 rings (SSSR count). The Balaban J connectivity index is 0.000000157. The summed E-state index contributed by atoms with van der Waals surface area (Å²) in [5.41, 5.74) is 6.74. The second-order valence-corrected chi connectivity index (χ2v) is 24.1. The molecule has 498 valence electrons. The minimum atomic E-state index is -0.464. The van der Waals surface area contributed by atoms with Crippen molar-refractivity contribution in [1.29, 1.82) is 0 Å². The average Bonchev–Trinajstić information content (AvgIpc) is 1.23. The predicted molar refractivity (Wildman–Crippen MR) is 378 cm³/mol. The van der Waals surface area contributed by atoms with Crippen LogP contribution in [0.4, 0.5) is 52.0 Å². The number of halogens is 3. The summed E-state index contributed by atoms with van der Waals surface area (Å²) >= 11 is 18.2. The number of ether oxygens (including phenoxy) is 3. The number of rotatable bonds is 24. The molecule has 9 aromatic rings. The number of likely N-dealkylation sites (tertiary alicyclic amines) is 3. The van der Waals surface area contributed by atoms with E-state index in [0.717, 1.165) is 91.3 Å². The number of hydrogen-bond donors (Lipinski definition) is 7. The third kappa shape index (κ3) is 21.2. The van der Waals surface area contributed by atoms with Gasteiger partial charge in [0.05, 0.1) is 80.4 Å². The van der Waals surface area contributed by atoms with Crippen molar-refractivity contribution in [3.05, 3.63) is 207 Å². The van der Waals surface area contributed by atoms with Gasteiger partial charge in [0.25, 0.3) is 17.7 Å². The van der Waals surface area contributed by atoms with Gasteiger partial charge < -0.3 is 51.2 Å². The summed E-state index contributed by atoms with van der Waals surface area (Å²) in [7, 11) is 0. The molecule has 0 aliphatic carbocycles. The lowest BCUT2D eigenvalue weighted by Gasteiger charge is -2.15. The lowest BCUT2D eigenvalue weighted by molar-refractivity contribution is 0.101. The topological polar surface area (TPSA) is 258 Å². The van der Waals surface area contributed by atoms with Crippen molar-refractivity contribution in [3.63, 3.8) is 0 Å². The predicted octanol–water partition coefficient (Wildman–Crippen LogP) is 14.1. The van der Waals surface area contributed by atoms with Gasteiger partial charge >= 0.3 is 0 Å². The first-order valence-corrected chi connectivity index (χ1v) is 32.9. The molecule has 0 bridgehead atoms. The molecular weight excluding hydrogens is 1280 g/mol. The van der Waals surface area contributed by atoms with Gasteiger partial charge in [-0.15, -0.1) is 0 Å². The number of carbonyl (C=O) groups excluding carboxylic acids is 3. The third-order valence-corrected chi connectivity index (χ3v) is 16.7. The maximum Gasteiger partial charge on any atom is 0.258 e. The Bertz CT molecular complexity index is 3820. The molecule has 3 saturated heterocycles. The van der Waals surface area contributed by atoms with E-state index in [1.807, 2.05) is 105 Å². The third-order valence-electron chi connectivity index (χ3n) is 15.7. The fourth-order valence-corrected chi connectivity index (χ4v) is 11.6. The fourth-order valence-electron chi connectivity index (χ4n) is 10.8. The quantitative estimate of drug-likeness (QED) is 0.0297. The van der Waals surface area contributed by atoms with Gasteiger partial charge in [-0.3, -0.25) is 29.1 Å². The molecule has 3 amide bonds. The Morgan fingerprint density at radius 3 is 1.11 bits per heavy atom. The van der Waals surface area contributed by atoms with Crippen LogP contribution >= 0.6 is 34.8 Å². The molecule has 6 aromatic carbocycles.